The number of ether oxygens (including phenoxy) is 6. The fourth-order valence-corrected chi connectivity index (χ4v) is 2.47. The van der Waals surface area contributed by atoms with E-state index in [2.05, 4.69) is 0 Å². The van der Waals surface area contributed by atoms with E-state index in [1.165, 1.54) is 0 Å². The van der Waals surface area contributed by atoms with Gasteiger partial charge in [0.05, 0.1) is 58.4 Å². The molecule has 2 aromatic carbocycles. The predicted octanol–water partition coefficient (Wildman–Crippen LogP) is 2.80. The fourth-order valence-electron chi connectivity index (χ4n) is 2.47. The molecular weight excluding hydrogens is 416 g/mol. The zero-order valence-electron chi connectivity index (χ0n) is 18.1. The van der Waals surface area contributed by atoms with Crippen molar-refractivity contribution in [2.24, 2.45) is 0 Å². The average Bonchev–Trinajstić information content (AvgIpc) is 2.84. The van der Waals surface area contributed by atoms with Crippen LogP contribution >= 0.6 is 0 Å². The molecule has 0 aromatic heterocycles. The van der Waals surface area contributed by atoms with Gasteiger partial charge in [-0.1, -0.05) is 18.2 Å². The molecule has 174 valence electrons. The Morgan fingerprint density at radius 1 is 0.625 bits per heavy atom. The molecule has 0 aliphatic rings. The number of rotatable bonds is 18. The van der Waals surface area contributed by atoms with Crippen LogP contribution in [0.5, 0.6) is 5.75 Å². The van der Waals surface area contributed by atoms with Crippen molar-refractivity contribution >= 4 is 12.3 Å². The lowest BCUT2D eigenvalue weighted by atomic mass is 10.2. The van der Waals surface area contributed by atoms with Gasteiger partial charge in [0.2, 0.25) is 0 Å². The van der Waals surface area contributed by atoms with E-state index in [0.29, 0.717) is 76.3 Å². The summed E-state index contributed by atoms with van der Waals surface area (Å²) in [7, 11) is 0. The predicted molar refractivity (Wildman–Crippen MR) is 117 cm³/mol. The van der Waals surface area contributed by atoms with Gasteiger partial charge >= 0.3 is 5.97 Å². The summed E-state index contributed by atoms with van der Waals surface area (Å²) in [6.45, 7) is 4.14. The van der Waals surface area contributed by atoms with E-state index in [4.69, 9.17) is 28.4 Å². The second kappa shape index (κ2) is 16.9. The second-order valence-electron chi connectivity index (χ2n) is 6.49. The Morgan fingerprint density at radius 3 is 1.66 bits per heavy atom. The largest absolute Gasteiger partial charge is 0.491 e. The Bertz CT molecular complexity index is 748. The third-order valence-electron chi connectivity index (χ3n) is 4.10. The minimum Gasteiger partial charge on any atom is -0.491 e. The third kappa shape index (κ3) is 11.6. The first-order valence-corrected chi connectivity index (χ1v) is 10.5. The third-order valence-corrected chi connectivity index (χ3v) is 4.10. The van der Waals surface area contributed by atoms with Crippen molar-refractivity contribution in [1.29, 1.82) is 0 Å². The normalized spacial score (nSPS) is 10.6. The molecule has 0 heterocycles. The van der Waals surface area contributed by atoms with E-state index < -0.39 is 0 Å². The van der Waals surface area contributed by atoms with Crippen LogP contribution in [0.3, 0.4) is 0 Å². The van der Waals surface area contributed by atoms with Crippen molar-refractivity contribution in [3.63, 3.8) is 0 Å². The van der Waals surface area contributed by atoms with Crippen LogP contribution in [0.15, 0.2) is 54.6 Å². The highest BCUT2D eigenvalue weighted by Gasteiger charge is 2.05. The smallest absolute Gasteiger partial charge is 0.338 e. The summed E-state index contributed by atoms with van der Waals surface area (Å²) < 4.78 is 32.2. The van der Waals surface area contributed by atoms with Gasteiger partial charge in [-0.2, -0.15) is 0 Å². The minimum atomic E-state index is -0.357. The van der Waals surface area contributed by atoms with E-state index in [9.17, 15) is 9.59 Å². The van der Waals surface area contributed by atoms with Crippen LogP contribution in [0.25, 0.3) is 0 Å². The molecule has 32 heavy (non-hydrogen) atoms. The summed E-state index contributed by atoms with van der Waals surface area (Å²) in [5.74, 6) is 0.342. The van der Waals surface area contributed by atoms with Crippen LogP contribution < -0.4 is 4.74 Å². The highest BCUT2D eigenvalue weighted by Crippen LogP contribution is 2.10. The van der Waals surface area contributed by atoms with E-state index >= 15 is 0 Å². The first-order chi connectivity index (χ1) is 15.8. The number of hydrogen-bond acceptors (Lipinski definition) is 8. The molecule has 0 atom stereocenters. The molecule has 0 unspecified atom stereocenters. The van der Waals surface area contributed by atoms with Crippen LogP contribution in [-0.4, -0.2) is 78.3 Å². The maximum absolute atomic E-state index is 11.7. The molecule has 0 bridgehead atoms. The monoisotopic (exact) mass is 446 g/mol. The molecular formula is C24H30O8. The van der Waals surface area contributed by atoms with Gasteiger partial charge in [-0.05, 0) is 36.4 Å². The highest BCUT2D eigenvalue weighted by molar-refractivity contribution is 5.89. The Kier molecular flexibility index (Phi) is 13.4. The van der Waals surface area contributed by atoms with Gasteiger partial charge in [-0.3, -0.25) is 4.79 Å². The van der Waals surface area contributed by atoms with Crippen molar-refractivity contribution in [2.45, 2.75) is 0 Å². The minimum absolute atomic E-state index is 0.203. The van der Waals surface area contributed by atoms with Crippen molar-refractivity contribution in [2.75, 3.05) is 66.1 Å². The average molecular weight is 446 g/mol. The lowest BCUT2D eigenvalue weighted by molar-refractivity contribution is -0.0107. The van der Waals surface area contributed by atoms with Crippen LogP contribution in [0.1, 0.15) is 20.7 Å². The summed E-state index contributed by atoms with van der Waals surface area (Å²) in [5.41, 5.74) is 1.14. The molecule has 0 fully saturated rings. The van der Waals surface area contributed by atoms with Gasteiger partial charge in [0, 0.05) is 5.56 Å². The van der Waals surface area contributed by atoms with Gasteiger partial charge in [-0.25, -0.2) is 4.79 Å². The van der Waals surface area contributed by atoms with E-state index in [1.807, 2.05) is 6.07 Å². The van der Waals surface area contributed by atoms with E-state index in [0.717, 1.165) is 6.29 Å². The Labute approximate surface area is 188 Å². The summed E-state index contributed by atoms with van der Waals surface area (Å²) >= 11 is 0. The first kappa shape index (κ1) is 25.5. The van der Waals surface area contributed by atoms with Gasteiger partial charge < -0.3 is 28.4 Å². The molecule has 8 heteroatoms. The maximum Gasteiger partial charge on any atom is 0.338 e. The molecule has 2 rings (SSSR count). The van der Waals surface area contributed by atoms with Crippen molar-refractivity contribution in [3.8, 4) is 5.75 Å². The lowest BCUT2D eigenvalue weighted by Gasteiger charge is -2.09. The summed E-state index contributed by atoms with van der Waals surface area (Å²) in [6, 6.07) is 15.7. The summed E-state index contributed by atoms with van der Waals surface area (Å²) in [6.07, 6.45) is 0.792. The van der Waals surface area contributed by atoms with Gasteiger partial charge in [0.1, 0.15) is 25.2 Å². The number of hydrogen-bond donors (Lipinski definition) is 0. The molecule has 0 N–H and O–H groups in total. The molecule has 0 amide bonds. The molecule has 0 saturated heterocycles. The van der Waals surface area contributed by atoms with Crippen LogP contribution in [0.4, 0.5) is 0 Å². The van der Waals surface area contributed by atoms with Crippen molar-refractivity contribution in [1.82, 2.24) is 0 Å². The van der Waals surface area contributed by atoms with Crippen molar-refractivity contribution < 1.29 is 38.0 Å². The molecule has 2 aromatic rings. The fraction of sp³-hybridized carbons (Fsp3) is 0.417. The van der Waals surface area contributed by atoms with Crippen LogP contribution in [-0.2, 0) is 23.7 Å². The lowest BCUT2D eigenvalue weighted by Crippen LogP contribution is -2.15. The number of benzene rings is 2. The topological polar surface area (TPSA) is 89.5 Å². The van der Waals surface area contributed by atoms with E-state index in [1.54, 1.807) is 48.5 Å². The van der Waals surface area contributed by atoms with Gasteiger partial charge in [0.15, 0.2) is 0 Å². The Hall–Kier alpha value is -2.78. The Balaban J connectivity index is 1.29. The van der Waals surface area contributed by atoms with Gasteiger partial charge in [0.25, 0.3) is 0 Å². The van der Waals surface area contributed by atoms with Crippen molar-refractivity contribution in [3.05, 3.63) is 65.7 Å². The molecule has 0 spiro atoms. The first-order valence-electron chi connectivity index (χ1n) is 10.5. The summed E-state index contributed by atoms with van der Waals surface area (Å²) in [5, 5.41) is 0. The summed E-state index contributed by atoms with van der Waals surface area (Å²) in [4.78, 5) is 22.3. The quantitative estimate of drug-likeness (QED) is 0.196. The molecule has 0 aliphatic carbocycles. The van der Waals surface area contributed by atoms with Crippen LogP contribution in [0.2, 0.25) is 0 Å². The number of carbonyl (C=O) groups excluding carboxylic acids is 2. The zero-order valence-corrected chi connectivity index (χ0v) is 18.1. The maximum atomic E-state index is 11.7. The standard InChI is InChI=1S/C24H30O8/c25-20-21-6-8-23(9-7-21)31-18-16-29-14-12-27-10-11-28-13-15-30-17-19-32-24(26)22-4-2-1-3-5-22/h1-9,20H,10-19H2. The number of carbonyl (C=O) groups is 2. The molecule has 0 aliphatic heterocycles. The molecule has 0 radical (unpaired) electrons. The highest BCUT2D eigenvalue weighted by atomic mass is 16.6. The Morgan fingerprint density at radius 2 is 1.12 bits per heavy atom. The van der Waals surface area contributed by atoms with Crippen LogP contribution in [0, 0.1) is 0 Å². The number of esters is 1. The molecule has 0 saturated carbocycles. The van der Waals surface area contributed by atoms with Gasteiger partial charge in [-0.15, -0.1) is 0 Å². The second-order valence-corrected chi connectivity index (χ2v) is 6.49. The number of aldehydes is 1. The zero-order chi connectivity index (χ0) is 22.7. The van der Waals surface area contributed by atoms with E-state index in [-0.39, 0.29) is 12.6 Å². The SMILES string of the molecule is O=Cc1ccc(OCCOCCOCCOCCOCCOC(=O)c2ccccc2)cc1. The molecule has 8 nitrogen and oxygen atoms in total.